The molecule has 412 valence electrons. The first-order valence-electron chi connectivity index (χ1n) is 23.8. The van der Waals surface area contributed by atoms with Crippen LogP contribution < -0.4 is 18.9 Å². The predicted molar refractivity (Wildman–Crippen MR) is 254 cm³/mol. The van der Waals surface area contributed by atoms with Crippen molar-refractivity contribution >= 4 is 24.1 Å². The molecule has 2 aromatic carbocycles. The Balaban J connectivity index is 0.000000274. The van der Waals surface area contributed by atoms with E-state index in [0.29, 0.717) is 0 Å². The van der Waals surface area contributed by atoms with Gasteiger partial charge in [-0.1, -0.05) is 62.5 Å². The first-order valence-corrected chi connectivity index (χ1v) is 23.8. The number of ether oxygens (including phenoxy) is 12. The Bertz CT molecular complexity index is 2170. The Kier molecular flexibility index (Phi) is 20.6. The molecule has 16 nitrogen and oxygen atoms in total. The standard InChI is InChI=1S/2C26H33F3O8/c2*1-15-9-10-19(30)23-20(36-25(3,4)37-23)8-6-7-17-11-18(33-13-26(27,28)29)12-21(34-14-32-5)22(17)24(31)35-16(15)2/h2*6-7,9-12,15-16,19-20,23,30H,8,13-14H2,1-5H3/b2*7-6+,10-9-/t15-,16+,19?,20+,23-;15-,16+,19+,20+,23-/m11/s1. The molecule has 0 aliphatic carbocycles. The zero-order valence-electron chi connectivity index (χ0n) is 42.8. The molecular weight excluding hydrogens is 995 g/mol. The molecule has 2 fully saturated rings. The van der Waals surface area contributed by atoms with Gasteiger partial charge in [-0.2, -0.15) is 26.3 Å². The highest BCUT2D eigenvalue weighted by Gasteiger charge is 2.45. The van der Waals surface area contributed by atoms with Crippen molar-refractivity contribution in [3.05, 3.63) is 83.0 Å². The molecule has 1 unspecified atom stereocenters. The van der Waals surface area contributed by atoms with E-state index in [2.05, 4.69) is 0 Å². The van der Waals surface area contributed by atoms with Crippen LogP contribution >= 0.6 is 0 Å². The molecule has 4 aliphatic rings. The second-order valence-electron chi connectivity index (χ2n) is 18.9. The number of cyclic esters (lactones) is 2. The third-order valence-corrected chi connectivity index (χ3v) is 11.8. The zero-order chi connectivity index (χ0) is 54.8. The van der Waals surface area contributed by atoms with Crippen molar-refractivity contribution in [2.45, 2.75) is 141 Å². The normalized spacial score (nSPS) is 29.9. The van der Waals surface area contributed by atoms with Gasteiger partial charge in [-0.25, -0.2) is 9.59 Å². The number of hydrogen-bond acceptors (Lipinski definition) is 16. The van der Waals surface area contributed by atoms with E-state index in [1.165, 1.54) is 38.5 Å². The highest BCUT2D eigenvalue weighted by Crippen LogP contribution is 2.38. The van der Waals surface area contributed by atoms with Crippen molar-refractivity contribution in [1.29, 1.82) is 0 Å². The molecule has 0 amide bonds. The van der Waals surface area contributed by atoms with Crippen LogP contribution in [-0.4, -0.2) is 136 Å². The fourth-order valence-corrected chi connectivity index (χ4v) is 8.00. The van der Waals surface area contributed by atoms with Crippen LogP contribution in [0.1, 0.15) is 100 Å². The fraction of sp³-hybridized carbons (Fsp3) is 0.577. The lowest BCUT2D eigenvalue weighted by Crippen LogP contribution is -2.34. The van der Waals surface area contributed by atoms with Gasteiger partial charge in [0, 0.05) is 38.2 Å². The van der Waals surface area contributed by atoms with Crippen LogP contribution in [0, 0.1) is 11.8 Å². The molecule has 2 N–H and O–H groups in total. The van der Waals surface area contributed by atoms with Crippen LogP contribution in [0.25, 0.3) is 12.2 Å². The molecule has 0 spiro atoms. The Morgan fingerprint density at radius 2 is 0.932 bits per heavy atom. The Morgan fingerprint density at radius 3 is 1.27 bits per heavy atom. The summed E-state index contributed by atoms with van der Waals surface area (Å²) in [5, 5.41) is 21.5. The van der Waals surface area contributed by atoms with Crippen LogP contribution in [-0.2, 0) is 37.9 Å². The van der Waals surface area contributed by atoms with Crippen molar-refractivity contribution < 1.29 is 103 Å². The number of rotatable bonds is 10. The largest absolute Gasteiger partial charge is 0.484 e. The van der Waals surface area contributed by atoms with Gasteiger partial charge >= 0.3 is 24.3 Å². The molecule has 0 aromatic heterocycles. The summed E-state index contributed by atoms with van der Waals surface area (Å²) in [5.41, 5.74) is 0.457. The van der Waals surface area contributed by atoms with Crippen molar-refractivity contribution in [3.8, 4) is 23.0 Å². The first-order chi connectivity index (χ1) is 34.6. The molecule has 2 aromatic rings. The van der Waals surface area contributed by atoms with E-state index in [4.69, 9.17) is 56.8 Å². The van der Waals surface area contributed by atoms with Gasteiger partial charge in [0.25, 0.3) is 0 Å². The number of esters is 2. The van der Waals surface area contributed by atoms with Gasteiger partial charge in [0.2, 0.25) is 0 Å². The Morgan fingerprint density at radius 1 is 0.568 bits per heavy atom. The van der Waals surface area contributed by atoms with Crippen molar-refractivity contribution in [2.75, 3.05) is 41.0 Å². The van der Waals surface area contributed by atoms with E-state index < -0.39 is 97.9 Å². The summed E-state index contributed by atoms with van der Waals surface area (Å²) in [6.07, 6.45) is -1.00. The number of carbonyl (C=O) groups is 2. The van der Waals surface area contributed by atoms with Crippen molar-refractivity contribution in [3.63, 3.8) is 0 Å². The molecule has 10 atom stereocenters. The maximum absolute atomic E-state index is 13.3. The maximum Gasteiger partial charge on any atom is 0.422 e. The molecule has 4 aliphatic heterocycles. The number of fused-ring (bicyclic) bond motifs is 4. The van der Waals surface area contributed by atoms with E-state index in [0.717, 1.165) is 0 Å². The number of benzene rings is 2. The van der Waals surface area contributed by atoms with Crippen LogP contribution in [0.3, 0.4) is 0 Å². The lowest BCUT2D eigenvalue weighted by molar-refractivity contribution is -0.154. The molecule has 22 heteroatoms. The molecular formula is C52H66F6O16. The molecule has 0 saturated carbocycles. The van der Waals surface area contributed by atoms with E-state index in [1.54, 1.807) is 90.2 Å². The van der Waals surface area contributed by atoms with Gasteiger partial charge in [0.1, 0.15) is 70.7 Å². The zero-order valence-corrected chi connectivity index (χ0v) is 42.8. The van der Waals surface area contributed by atoms with Gasteiger partial charge in [0.05, 0.1) is 12.2 Å². The van der Waals surface area contributed by atoms with E-state index in [-0.39, 0.29) is 83.5 Å². The number of halogens is 6. The van der Waals surface area contributed by atoms with Gasteiger partial charge in [0.15, 0.2) is 38.4 Å². The predicted octanol–water partition coefficient (Wildman–Crippen LogP) is 9.29. The van der Waals surface area contributed by atoms with Crippen LogP contribution in [0.15, 0.2) is 60.7 Å². The van der Waals surface area contributed by atoms with Crippen molar-refractivity contribution in [1.82, 2.24) is 0 Å². The summed E-state index contributed by atoms with van der Waals surface area (Å²) >= 11 is 0. The van der Waals surface area contributed by atoms with Gasteiger partial charge in [-0.15, -0.1) is 0 Å². The molecule has 4 heterocycles. The average molecular weight is 1060 g/mol. The minimum atomic E-state index is -4.56. The summed E-state index contributed by atoms with van der Waals surface area (Å²) < 4.78 is 143. The SMILES string of the molecule is COCOc1cc(OCC(F)(F)F)cc2c1C(=O)O[C@@H](C)[C@H](C)/C=C\C(O)[C@H]1OC(C)(C)O[C@H]1C/C=C/2.COCOc1cc(OCC(F)(F)F)cc2c1C(=O)O[C@@H](C)[C@H](C)/C=C\[C@H](O)[C@H]1OC(C)(C)O[C@H]1C/C=C/2. The second-order valence-corrected chi connectivity index (χ2v) is 18.9. The molecule has 0 radical (unpaired) electrons. The third-order valence-electron chi connectivity index (χ3n) is 11.8. The Hall–Kier alpha value is -5.20. The van der Waals surface area contributed by atoms with E-state index in [9.17, 15) is 46.1 Å². The van der Waals surface area contributed by atoms with Gasteiger partial charge in [-0.3, -0.25) is 0 Å². The lowest BCUT2D eigenvalue weighted by atomic mass is 9.99. The summed E-state index contributed by atoms with van der Waals surface area (Å²) in [6, 6.07) is 5.00. The number of hydrogen-bond donors (Lipinski definition) is 2. The number of methoxy groups -OCH3 is 2. The highest BCUT2D eigenvalue weighted by molar-refractivity contribution is 5.98. The third kappa shape index (κ3) is 17.4. The van der Waals surface area contributed by atoms with Crippen LogP contribution in [0.5, 0.6) is 23.0 Å². The first kappa shape index (κ1) is 59.7. The highest BCUT2D eigenvalue weighted by atomic mass is 19.4. The number of alkyl halides is 6. The summed E-state index contributed by atoms with van der Waals surface area (Å²) in [7, 11) is 2.74. The molecule has 6 rings (SSSR count). The molecule has 2 saturated heterocycles. The number of carbonyl (C=O) groups excluding carboxylic acids is 2. The summed E-state index contributed by atoms with van der Waals surface area (Å²) in [4.78, 5) is 26.5. The average Bonchev–Trinajstić information content (AvgIpc) is 3.80. The van der Waals surface area contributed by atoms with Gasteiger partial charge in [-0.05, 0) is 77.6 Å². The fourth-order valence-electron chi connectivity index (χ4n) is 8.00. The lowest BCUT2D eigenvalue weighted by Gasteiger charge is -2.23. The van der Waals surface area contributed by atoms with E-state index >= 15 is 0 Å². The quantitative estimate of drug-likeness (QED) is 0.0992. The number of aliphatic hydroxyl groups is 2. The molecule has 0 bridgehead atoms. The topological polar surface area (TPSA) is 185 Å². The molecule has 74 heavy (non-hydrogen) atoms. The van der Waals surface area contributed by atoms with Crippen LogP contribution in [0.4, 0.5) is 26.3 Å². The van der Waals surface area contributed by atoms with Gasteiger partial charge < -0.3 is 67.1 Å². The number of aliphatic hydroxyl groups excluding tert-OH is 2. The second kappa shape index (κ2) is 25.6. The Labute approximate surface area is 426 Å². The summed E-state index contributed by atoms with van der Waals surface area (Å²) in [6.45, 7) is 10.4. The monoisotopic (exact) mass is 1060 g/mol. The summed E-state index contributed by atoms with van der Waals surface area (Å²) in [5.74, 6) is -4.31. The van der Waals surface area contributed by atoms with E-state index in [1.807, 2.05) is 13.8 Å². The minimum Gasteiger partial charge on any atom is -0.484 e. The van der Waals surface area contributed by atoms with Crippen LogP contribution in [0.2, 0.25) is 0 Å². The van der Waals surface area contributed by atoms with Crippen molar-refractivity contribution in [2.24, 2.45) is 11.8 Å². The smallest absolute Gasteiger partial charge is 0.422 e. The maximum atomic E-state index is 13.3. The minimum absolute atomic E-state index is 0.00764.